The molecule has 23 heavy (non-hydrogen) atoms. The maximum Gasteiger partial charge on any atom is 0.249 e. The molecule has 1 aromatic heterocycles. The molecule has 1 unspecified atom stereocenters. The van der Waals surface area contributed by atoms with E-state index in [1.165, 1.54) is 0 Å². The van der Waals surface area contributed by atoms with E-state index < -0.39 is 0 Å². The van der Waals surface area contributed by atoms with Crippen LogP contribution in [-0.4, -0.2) is 16.0 Å². The number of nitrogens with one attached hydrogen (secondary N) is 1. The highest BCUT2D eigenvalue weighted by Crippen LogP contribution is 2.29. The number of hydrogen-bond donors (Lipinski definition) is 1. The first-order valence-corrected chi connectivity index (χ1v) is 8.32. The predicted molar refractivity (Wildman–Crippen MR) is 87.8 cm³/mol. The van der Waals surface area contributed by atoms with Gasteiger partial charge < -0.3 is 9.84 Å². The number of nitrogens with zero attached hydrogens (tertiary/aromatic N) is 2. The van der Waals surface area contributed by atoms with Crippen molar-refractivity contribution in [3.05, 3.63) is 35.2 Å². The van der Waals surface area contributed by atoms with Crippen molar-refractivity contribution in [3.8, 4) is 11.4 Å². The molecule has 0 aliphatic heterocycles. The minimum atomic E-state index is -0.267. The molecule has 1 heterocycles. The van der Waals surface area contributed by atoms with Crippen LogP contribution in [0.3, 0.4) is 0 Å². The van der Waals surface area contributed by atoms with Gasteiger partial charge in [-0.3, -0.25) is 4.79 Å². The molecule has 6 heteroatoms. The Kier molecular flexibility index (Phi) is 4.66. The summed E-state index contributed by atoms with van der Waals surface area (Å²) in [7, 11) is 0. The van der Waals surface area contributed by atoms with E-state index in [1.54, 1.807) is 12.1 Å². The molecule has 1 amide bonds. The lowest BCUT2D eigenvalue weighted by Crippen LogP contribution is -2.38. The molecule has 1 aliphatic rings. The molecular formula is C17H20ClN3O2. The third kappa shape index (κ3) is 3.55. The van der Waals surface area contributed by atoms with Gasteiger partial charge in [0.2, 0.25) is 17.6 Å². The molecular weight excluding hydrogens is 314 g/mol. The van der Waals surface area contributed by atoms with Gasteiger partial charge in [-0.25, -0.2) is 0 Å². The Morgan fingerprint density at radius 2 is 2.00 bits per heavy atom. The van der Waals surface area contributed by atoms with Gasteiger partial charge in [0.05, 0.1) is 0 Å². The molecule has 1 saturated carbocycles. The van der Waals surface area contributed by atoms with Gasteiger partial charge in [-0.15, -0.1) is 0 Å². The average Bonchev–Trinajstić information content (AvgIpc) is 2.92. The summed E-state index contributed by atoms with van der Waals surface area (Å²) in [5.41, 5.74) is 0.831. The average molecular weight is 334 g/mol. The van der Waals surface area contributed by atoms with Gasteiger partial charge in [0.15, 0.2) is 0 Å². The van der Waals surface area contributed by atoms with Gasteiger partial charge in [0.25, 0.3) is 0 Å². The Bertz CT molecular complexity index is 677. The molecule has 2 aromatic rings. The second-order valence-corrected chi connectivity index (χ2v) is 6.76. The Hall–Kier alpha value is -1.88. The van der Waals surface area contributed by atoms with Crippen LogP contribution >= 0.6 is 11.6 Å². The number of hydrogen-bond acceptors (Lipinski definition) is 4. The fourth-order valence-electron chi connectivity index (χ4n) is 2.53. The number of carbonyl (C=O) groups excluding carboxylic acids is 1. The van der Waals surface area contributed by atoms with E-state index in [2.05, 4.69) is 15.5 Å². The number of amides is 1. The molecule has 1 fully saturated rings. The van der Waals surface area contributed by atoms with Crippen LogP contribution < -0.4 is 5.32 Å². The van der Waals surface area contributed by atoms with Crippen molar-refractivity contribution < 1.29 is 9.32 Å². The zero-order valence-corrected chi connectivity index (χ0v) is 14.0. The molecule has 1 aromatic carbocycles. The van der Waals surface area contributed by atoms with Crippen molar-refractivity contribution in [1.82, 2.24) is 15.5 Å². The summed E-state index contributed by atoms with van der Waals surface area (Å²) < 4.78 is 5.40. The minimum Gasteiger partial charge on any atom is -0.344 e. The summed E-state index contributed by atoms with van der Waals surface area (Å²) >= 11 is 5.89. The molecule has 1 N–H and O–H groups in total. The monoisotopic (exact) mass is 333 g/mol. The maximum atomic E-state index is 12.2. The third-order valence-corrected chi connectivity index (χ3v) is 4.50. The van der Waals surface area contributed by atoms with Crippen molar-refractivity contribution in [2.45, 2.75) is 39.2 Å². The lowest BCUT2D eigenvalue weighted by atomic mass is 9.84. The van der Waals surface area contributed by atoms with Crippen LogP contribution in [0.15, 0.2) is 28.8 Å². The summed E-state index contributed by atoms with van der Waals surface area (Å²) in [6.07, 6.45) is 3.07. The minimum absolute atomic E-state index is 0.0844. The number of aromatic nitrogens is 2. The number of halogens is 1. The second-order valence-electron chi connectivity index (χ2n) is 6.32. The van der Waals surface area contributed by atoms with Crippen LogP contribution in [-0.2, 0) is 4.79 Å². The number of benzene rings is 1. The van der Waals surface area contributed by atoms with Crippen molar-refractivity contribution >= 4 is 17.5 Å². The van der Waals surface area contributed by atoms with E-state index in [0.717, 1.165) is 24.8 Å². The summed E-state index contributed by atoms with van der Waals surface area (Å²) in [4.78, 5) is 16.7. The van der Waals surface area contributed by atoms with Gasteiger partial charge >= 0.3 is 0 Å². The molecule has 5 nitrogen and oxygen atoms in total. The van der Waals surface area contributed by atoms with Crippen molar-refractivity contribution in [2.75, 3.05) is 0 Å². The lowest BCUT2D eigenvalue weighted by Gasteiger charge is -2.27. The highest BCUT2D eigenvalue weighted by molar-refractivity contribution is 6.30. The smallest absolute Gasteiger partial charge is 0.249 e. The molecule has 0 radical (unpaired) electrons. The van der Waals surface area contributed by atoms with Gasteiger partial charge in [-0.1, -0.05) is 37.0 Å². The van der Waals surface area contributed by atoms with Crippen LogP contribution in [0.5, 0.6) is 0 Å². The molecule has 3 rings (SSSR count). The van der Waals surface area contributed by atoms with Gasteiger partial charge in [0.1, 0.15) is 6.04 Å². The molecule has 122 valence electrons. The quantitative estimate of drug-likeness (QED) is 0.897. The van der Waals surface area contributed by atoms with Crippen molar-refractivity contribution in [1.29, 1.82) is 0 Å². The Labute approximate surface area is 140 Å². The van der Waals surface area contributed by atoms with Crippen LogP contribution in [0.2, 0.25) is 5.02 Å². The van der Waals surface area contributed by atoms with Gasteiger partial charge in [-0.05, 0) is 43.0 Å². The Balaban J connectivity index is 1.77. The Morgan fingerprint density at radius 3 is 2.57 bits per heavy atom. The summed E-state index contributed by atoms with van der Waals surface area (Å²) in [6, 6.07) is 6.98. The van der Waals surface area contributed by atoms with Crippen LogP contribution in [0.4, 0.5) is 0 Å². The first-order valence-electron chi connectivity index (χ1n) is 7.94. The second kappa shape index (κ2) is 6.71. The molecule has 0 bridgehead atoms. The van der Waals surface area contributed by atoms with Crippen LogP contribution in [0.25, 0.3) is 11.4 Å². The molecule has 0 spiro atoms. The Morgan fingerprint density at radius 1 is 1.30 bits per heavy atom. The SMILES string of the molecule is CC(C)C(NC(=O)C1CCC1)c1nc(-c2ccc(Cl)cc2)no1. The van der Waals surface area contributed by atoms with E-state index in [1.807, 2.05) is 26.0 Å². The summed E-state index contributed by atoms with van der Waals surface area (Å²) in [6.45, 7) is 4.05. The number of rotatable bonds is 5. The van der Waals surface area contributed by atoms with Crippen molar-refractivity contribution in [3.63, 3.8) is 0 Å². The zero-order chi connectivity index (χ0) is 16.4. The summed E-state index contributed by atoms with van der Waals surface area (Å²) in [5.74, 6) is 1.33. The predicted octanol–water partition coefficient (Wildman–Crippen LogP) is 4.00. The van der Waals surface area contributed by atoms with E-state index in [-0.39, 0.29) is 23.8 Å². The fraction of sp³-hybridized carbons (Fsp3) is 0.471. The van der Waals surface area contributed by atoms with Gasteiger partial charge in [0, 0.05) is 16.5 Å². The van der Waals surface area contributed by atoms with Crippen LogP contribution in [0, 0.1) is 11.8 Å². The topological polar surface area (TPSA) is 68.0 Å². The molecule has 1 aliphatic carbocycles. The lowest BCUT2D eigenvalue weighted by molar-refractivity contribution is -0.128. The summed E-state index contributed by atoms with van der Waals surface area (Å²) in [5, 5.41) is 7.74. The van der Waals surface area contributed by atoms with Crippen molar-refractivity contribution in [2.24, 2.45) is 11.8 Å². The normalized spacial score (nSPS) is 16.2. The molecule has 1 atom stereocenters. The first kappa shape index (κ1) is 16.0. The van der Waals surface area contributed by atoms with Gasteiger partial charge in [-0.2, -0.15) is 4.98 Å². The highest BCUT2D eigenvalue weighted by atomic mass is 35.5. The van der Waals surface area contributed by atoms with E-state index >= 15 is 0 Å². The third-order valence-electron chi connectivity index (χ3n) is 4.25. The highest BCUT2D eigenvalue weighted by Gasteiger charge is 2.30. The first-order chi connectivity index (χ1) is 11.0. The zero-order valence-electron chi connectivity index (χ0n) is 13.3. The largest absolute Gasteiger partial charge is 0.344 e. The number of carbonyl (C=O) groups is 1. The molecule has 0 saturated heterocycles. The van der Waals surface area contributed by atoms with E-state index in [0.29, 0.717) is 16.7 Å². The van der Waals surface area contributed by atoms with E-state index in [4.69, 9.17) is 16.1 Å². The van der Waals surface area contributed by atoms with E-state index in [9.17, 15) is 4.79 Å². The maximum absolute atomic E-state index is 12.2. The fourth-order valence-corrected chi connectivity index (χ4v) is 2.66. The standard InChI is InChI=1S/C17H20ClN3O2/c1-10(2)14(19-16(22)12-4-3-5-12)17-20-15(21-23-17)11-6-8-13(18)9-7-11/h6-10,12,14H,3-5H2,1-2H3,(H,19,22). The van der Waals surface area contributed by atoms with Crippen LogP contribution in [0.1, 0.15) is 45.0 Å².